The number of amides is 2. The molecule has 1 aliphatic rings. The Morgan fingerprint density at radius 2 is 2.12 bits per heavy atom. The number of rotatable bonds is 4. The van der Waals surface area contributed by atoms with E-state index < -0.39 is 0 Å². The van der Waals surface area contributed by atoms with E-state index in [4.69, 9.17) is 0 Å². The summed E-state index contributed by atoms with van der Waals surface area (Å²) < 4.78 is 2.99. The fraction of sp³-hybridized carbons (Fsp3) is 0.444. The summed E-state index contributed by atoms with van der Waals surface area (Å²) in [6, 6.07) is 5.93. The van der Waals surface area contributed by atoms with Gasteiger partial charge in [-0.2, -0.15) is 5.10 Å². The first-order valence-corrected chi connectivity index (χ1v) is 9.09. The summed E-state index contributed by atoms with van der Waals surface area (Å²) in [5.41, 5.74) is 3.60. The van der Waals surface area contributed by atoms with Crippen molar-refractivity contribution in [2.75, 3.05) is 5.32 Å². The third kappa shape index (κ3) is 3.64. The van der Waals surface area contributed by atoms with E-state index in [9.17, 15) is 4.79 Å². The molecule has 6 heteroatoms. The summed E-state index contributed by atoms with van der Waals surface area (Å²) in [6.07, 6.45) is 2.99. The first kappa shape index (κ1) is 17.0. The van der Waals surface area contributed by atoms with Crippen LogP contribution in [0.25, 0.3) is 0 Å². The van der Waals surface area contributed by atoms with E-state index >= 15 is 0 Å². The molecule has 5 nitrogen and oxygen atoms in total. The zero-order valence-corrected chi connectivity index (χ0v) is 15.9. The summed E-state index contributed by atoms with van der Waals surface area (Å²) in [7, 11) is 0. The molecule has 128 valence electrons. The second-order valence-electron chi connectivity index (χ2n) is 6.77. The van der Waals surface area contributed by atoms with Gasteiger partial charge in [-0.15, -0.1) is 0 Å². The van der Waals surface area contributed by atoms with Gasteiger partial charge in [0.2, 0.25) is 0 Å². The molecule has 0 bridgehead atoms. The van der Waals surface area contributed by atoms with Crippen molar-refractivity contribution in [3.63, 3.8) is 0 Å². The first-order chi connectivity index (χ1) is 11.4. The standard InChI is InChI=1S/C18H23BrN4O/c1-12(2)6-8-23-9-7-16(21-23)20-18(24)22-10-14-5-4-13(3)17(19)15(14)11-22/h4-5,7,9,12H,6,8,10-11H2,1-3H3,(H,20,21,24). The number of hydrogen-bond donors (Lipinski definition) is 1. The van der Waals surface area contributed by atoms with Gasteiger partial charge in [0.05, 0.1) is 0 Å². The lowest BCUT2D eigenvalue weighted by Crippen LogP contribution is -2.30. The molecule has 24 heavy (non-hydrogen) atoms. The Labute approximate surface area is 151 Å². The first-order valence-electron chi connectivity index (χ1n) is 8.30. The third-order valence-corrected chi connectivity index (χ3v) is 5.45. The molecule has 0 unspecified atom stereocenters. The molecule has 0 saturated carbocycles. The Morgan fingerprint density at radius 3 is 2.88 bits per heavy atom. The van der Waals surface area contributed by atoms with Crippen molar-refractivity contribution in [2.45, 2.75) is 46.8 Å². The van der Waals surface area contributed by atoms with E-state index in [0.29, 0.717) is 24.8 Å². The Morgan fingerprint density at radius 1 is 1.33 bits per heavy atom. The maximum Gasteiger partial charge on any atom is 0.323 e. The molecule has 3 rings (SSSR count). The fourth-order valence-electron chi connectivity index (χ4n) is 2.83. The SMILES string of the molecule is Cc1ccc2c(c1Br)CN(C(=O)Nc1ccn(CCC(C)C)n1)C2. The number of nitrogens with one attached hydrogen (secondary N) is 1. The maximum atomic E-state index is 12.5. The Hall–Kier alpha value is -1.82. The second kappa shape index (κ2) is 6.97. The van der Waals surface area contributed by atoms with Crippen LogP contribution >= 0.6 is 15.9 Å². The van der Waals surface area contributed by atoms with Crippen LogP contribution in [0.1, 0.15) is 37.0 Å². The number of halogens is 1. The molecular weight excluding hydrogens is 368 g/mol. The Bertz CT molecular complexity index is 753. The molecule has 0 spiro atoms. The lowest BCUT2D eigenvalue weighted by Gasteiger charge is -2.15. The Kier molecular flexibility index (Phi) is 4.94. The number of aromatic nitrogens is 2. The van der Waals surface area contributed by atoms with Crippen LogP contribution in [0.5, 0.6) is 0 Å². The van der Waals surface area contributed by atoms with Crippen LogP contribution < -0.4 is 5.32 Å². The van der Waals surface area contributed by atoms with Crippen molar-refractivity contribution in [3.05, 3.63) is 45.6 Å². The monoisotopic (exact) mass is 390 g/mol. The fourth-order valence-corrected chi connectivity index (χ4v) is 3.34. The Balaban J connectivity index is 1.62. The second-order valence-corrected chi connectivity index (χ2v) is 7.56. The highest BCUT2D eigenvalue weighted by molar-refractivity contribution is 9.10. The van der Waals surface area contributed by atoms with Gasteiger partial charge in [0.1, 0.15) is 0 Å². The minimum Gasteiger partial charge on any atom is -0.316 e. The number of hydrogen-bond acceptors (Lipinski definition) is 2. The predicted molar refractivity (Wildman–Crippen MR) is 98.8 cm³/mol. The van der Waals surface area contributed by atoms with Gasteiger partial charge in [0, 0.05) is 36.4 Å². The highest BCUT2D eigenvalue weighted by Gasteiger charge is 2.26. The molecule has 2 amide bonds. The minimum absolute atomic E-state index is 0.107. The predicted octanol–water partition coefficient (Wildman–Crippen LogP) is 4.55. The number of fused-ring (bicyclic) bond motifs is 1. The smallest absolute Gasteiger partial charge is 0.316 e. The average Bonchev–Trinajstić information content (AvgIpc) is 3.16. The largest absolute Gasteiger partial charge is 0.323 e. The lowest BCUT2D eigenvalue weighted by atomic mass is 10.1. The van der Waals surface area contributed by atoms with Gasteiger partial charge in [-0.1, -0.05) is 41.9 Å². The number of carbonyl (C=O) groups excluding carboxylic acids is 1. The van der Waals surface area contributed by atoms with E-state index in [0.717, 1.165) is 17.4 Å². The number of benzene rings is 1. The van der Waals surface area contributed by atoms with Gasteiger partial charge >= 0.3 is 6.03 Å². The van der Waals surface area contributed by atoms with Gasteiger partial charge in [-0.3, -0.25) is 10.00 Å². The summed E-state index contributed by atoms with van der Waals surface area (Å²) in [5, 5.41) is 7.32. The summed E-state index contributed by atoms with van der Waals surface area (Å²) in [6.45, 7) is 8.57. The third-order valence-electron chi connectivity index (χ3n) is 4.34. The summed E-state index contributed by atoms with van der Waals surface area (Å²) in [4.78, 5) is 14.3. The van der Waals surface area contributed by atoms with Crippen molar-refractivity contribution < 1.29 is 4.79 Å². The molecule has 0 fully saturated rings. The van der Waals surface area contributed by atoms with Crippen molar-refractivity contribution in [2.24, 2.45) is 5.92 Å². The average molecular weight is 391 g/mol. The highest BCUT2D eigenvalue weighted by Crippen LogP contribution is 2.32. The van der Waals surface area contributed by atoms with E-state index in [1.807, 2.05) is 21.8 Å². The van der Waals surface area contributed by atoms with E-state index in [1.54, 1.807) is 0 Å². The number of nitrogens with zero attached hydrogens (tertiary/aromatic N) is 3. The molecule has 0 aliphatic carbocycles. The highest BCUT2D eigenvalue weighted by atomic mass is 79.9. The molecule has 1 aliphatic heterocycles. The van der Waals surface area contributed by atoms with Crippen LogP contribution in [0.3, 0.4) is 0 Å². The number of carbonyl (C=O) groups is 1. The maximum absolute atomic E-state index is 12.5. The molecule has 1 aromatic carbocycles. The normalized spacial score (nSPS) is 13.5. The van der Waals surface area contributed by atoms with E-state index in [-0.39, 0.29) is 6.03 Å². The molecule has 0 radical (unpaired) electrons. The molecular formula is C18H23BrN4O. The summed E-state index contributed by atoms with van der Waals surface area (Å²) in [5.74, 6) is 1.24. The molecule has 0 atom stereocenters. The zero-order chi connectivity index (χ0) is 17.3. The topological polar surface area (TPSA) is 50.2 Å². The van der Waals surface area contributed by atoms with Crippen LogP contribution in [-0.2, 0) is 19.6 Å². The van der Waals surface area contributed by atoms with Crippen LogP contribution in [0, 0.1) is 12.8 Å². The molecule has 1 aromatic heterocycles. The van der Waals surface area contributed by atoms with Gasteiger partial charge in [-0.05, 0) is 36.0 Å². The van der Waals surface area contributed by atoms with Gasteiger partial charge < -0.3 is 4.90 Å². The van der Waals surface area contributed by atoms with E-state index in [2.05, 4.69) is 59.2 Å². The number of anilines is 1. The van der Waals surface area contributed by atoms with Gasteiger partial charge in [0.15, 0.2) is 5.82 Å². The molecule has 0 saturated heterocycles. The number of aryl methyl sites for hydroxylation is 2. The van der Waals surface area contributed by atoms with Crippen LogP contribution in [-0.4, -0.2) is 20.7 Å². The van der Waals surface area contributed by atoms with Crippen molar-refractivity contribution in [1.82, 2.24) is 14.7 Å². The zero-order valence-electron chi connectivity index (χ0n) is 14.3. The van der Waals surface area contributed by atoms with E-state index in [1.165, 1.54) is 16.7 Å². The van der Waals surface area contributed by atoms with Crippen LogP contribution in [0.15, 0.2) is 28.9 Å². The minimum atomic E-state index is -0.107. The van der Waals surface area contributed by atoms with Crippen molar-refractivity contribution in [1.29, 1.82) is 0 Å². The molecule has 2 aromatic rings. The van der Waals surface area contributed by atoms with Crippen LogP contribution in [0.4, 0.5) is 10.6 Å². The quantitative estimate of drug-likeness (QED) is 0.832. The molecule has 2 heterocycles. The van der Waals surface area contributed by atoms with Crippen molar-refractivity contribution in [3.8, 4) is 0 Å². The van der Waals surface area contributed by atoms with Gasteiger partial charge in [-0.25, -0.2) is 4.79 Å². The molecule has 1 N–H and O–H groups in total. The lowest BCUT2D eigenvalue weighted by molar-refractivity contribution is 0.212. The van der Waals surface area contributed by atoms with Crippen molar-refractivity contribution >= 4 is 27.8 Å². The summed E-state index contributed by atoms with van der Waals surface area (Å²) >= 11 is 3.63. The van der Waals surface area contributed by atoms with Gasteiger partial charge in [0.25, 0.3) is 0 Å². The number of urea groups is 1. The van der Waals surface area contributed by atoms with Crippen LogP contribution in [0.2, 0.25) is 0 Å².